The van der Waals surface area contributed by atoms with Crippen molar-refractivity contribution in [3.63, 3.8) is 0 Å². The van der Waals surface area contributed by atoms with E-state index in [9.17, 15) is 34.2 Å². The molecular formula is C29H26N2O7. The fourth-order valence-electron chi connectivity index (χ4n) is 6.38. The van der Waals surface area contributed by atoms with Gasteiger partial charge in [-0.3, -0.25) is 28.9 Å². The van der Waals surface area contributed by atoms with Crippen LogP contribution in [0.25, 0.3) is 0 Å². The van der Waals surface area contributed by atoms with Crippen molar-refractivity contribution in [2.45, 2.75) is 24.5 Å². The molecule has 3 aliphatic carbocycles. The van der Waals surface area contributed by atoms with E-state index >= 15 is 0 Å². The average Bonchev–Trinajstić information content (AvgIpc) is 2.86. The molecule has 3 aliphatic rings. The third-order valence-corrected chi connectivity index (χ3v) is 8.06. The minimum Gasteiger partial charge on any atom is -0.507 e. The summed E-state index contributed by atoms with van der Waals surface area (Å²) in [6.07, 6.45) is 0.157. The molecule has 2 aromatic rings. The van der Waals surface area contributed by atoms with E-state index in [0.29, 0.717) is 11.1 Å². The van der Waals surface area contributed by atoms with Gasteiger partial charge in [-0.25, -0.2) is 0 Å². The molecule has 0 aliphatic heterocycles. The second-order valence-corrected chi connectivity index (χ2v) is 10.4. The summed E-state index contributed by atoms with van der Waals surface area (Å²) in [7, 11) is 3.09. The number of carbonyl (C=O) groups is 5. The van der Waals surface area contributed by atoms with Crippen LogP contribution >= 0.6 is 0 Å². The van der Waals surface area contributed by atoms with Crippen LogP contribution in [0.15, 0.2) is 42.5 Å². The maximum atomic E-state index is 13.8. The number of hydrogen-bond donors (Lipinski definition) is 3. The van der Waals surface area contributed by atoms with E-state index in [1.165, 1.54) is 11.0 Å². The molecule has 0 aromatic heterocycles. The normalized spacial score (nSPS) is 30.2. The van der Waals surface area contributed by atoms with E-state index in [1.54, 1.807) is 20.2 Å². The lowest BCUT2D eigenvalue weighted by molar-refractivity contribution is -0.181. The predicted octanol–water partition coefficient (Wildman–Crippen LogP) is 0.267. The van der Waals surface area contributed by atoms with Gasteiger partial charge in [-0.2, -0.15) is 0 Å². The van der Waals surface area contributed by atoms with E-state index in [1.807, 2.05) is 30.3 Å². The SMILES string of the molecule is CN(C)[C@H]1C(=O)C(C(N)=O)C(=O)[C@]2(O)C(=O)C3C(=O)c4c(O)ccc(C#Cc5ccccc5)c4C[C@@H]3C[C@H]12. The average molecular weight is 515 g/mol. The number of Topliss-reactive ketones (excluding diaryl/α,β-unsaturated/α-hetero) is 4. The molecule has 5 rings (SSSR count). The number of fused-ring (bicyclic) bond motifs is 3. The minimum absolute atomic E-state index is 0.00882. The number of benzene rings is 2. The lowest BCUT2D eigenvalue weighted by atomic mass is 9.52. The highest BCUT2D eigenvalue weighted by atomic mass is 16.3. The number of likely N-dealkylation sites (N-methyl/N-ethyl adjacent to an activating group) is 1. The van der Waals surface area contributed by atoms with Crippen LogP contribution in [0.2, 0.25) is 0 Å². The molecule has 0 bridgehead atoms. The Balaban J connectivity index is 1.62. The van der Waals surface area contributed by atoms with Gasteiger partial charge in [0.05, 0.1) is 17.5 Å². The molecule has 0 radical (unpaired) electrons. The lowest BCUT2D eigenvalue weighted by Crippen LogP contribution is -2.74. The molecular weight excluding hydrogens is 488 g/mol. The Hall–Kier alpha value is -4.13. The number of phenols is 1. The summed E-state index contributed by atoms with van der Waals surface area (Å²) >= 11 is 0. The minimum atomic E-state index is -2.74. The summed E-state index contributed by atoms with van der Waals surface area (Å²) < 4.78 is 0. The summed E-state index contributed by atoms with van der Waals surface area (Å²) in [6, 6.07) is 11.0. The molecule has 38 heavy (non-hydrogen) atoms. The van der Waals surface area contributed by atoms with Crippen molar-refractivity contribution in [3.05, 3.63) is 64.7 Å². The number of hydrogen-bond acceptors (Lipinski definition) is 8. The third-order valence-electron chi connectivity index (χ3n) is 8.06. The van der Waals surface area contributed by atoms with Crippen LogP contribution in [-0.2, 0) is 25.6 Å². The fraction of sp³-hybridized carbons (Fsp3) is 0.345. The van der Waals surface area contributed by atoms with Crippen LogP contribution in [0, 0.1) is 35.5 Å². The second kappa shape index (κ2) is 9.01. The summed E-state index contributed by atoms with van der Waals surface area (Å²) in [6.45, 7) is 0. The van der Waals surface area contributed by atoms with Crippen molar-refractivity contribution < 1.29 is 34.2 Å². The molecule has 9 heteroatoms. The number of rotatable bonds is 2. The first-order chi connectivity index (χ1) is 18.0. The van der Waals surface area contributed by atoms with Gasteiger partial charge in [0.25, 0.3) is 0 Å². The van der Waals surface area contributed by atoms with Crippen molar-refractivity contribution in [2.24, 2.45) is 29.4 Å². The molecule has 194 valence electrons. The molecule has 0 saturated heterocycles. The van der Waals surface area contributed by atoms with E-state index in [0.717, 1.165) is 5.56 Å². The molecule has 2 aromatic carbocycles. The number of aromatic hydroxyl groups is 1. The molecule has 0 heterocycles. The zero-order valence-corrected chi connectivity index (χ0v) is 20.8. The van der Waals surface area contributed by atoms with Gasteiger partial charge in [0.15, 0.2) is 34.7 Å². The highest BCUT2D eigenvalue weighted by Crippen LogP contribution is 2.50. The van der Waals surface area contributed by atoms with Gasteiger partial charge in [0, 0.05) is 17.0 Å². The Morgan fingerprint density at radius 1 is 1.03 bits per heavy atom. The standard InChI is InChI=1S/C29H26N2O7/c1-31(2)23-18-13-16-12-17-15(9-8-14-6-4-3-5-7-14)10-11-19(32)21(17)24(33)20(16)26(35)29(18,38)27(36)22(25(23)34)28(30)37/h3-7,10-11,16,18,20,22-23,32,38H,12-13H2,1-2H3,(H2,30,37)/t16-,18-,20?,22?,23-,29-/m1/s1. The third kappa shape index (κ3) is 3.60. The largest absolute Gasteiger partial charge is 0.507 e. The zero-order chi connectivity index (χ0) is 27.5. The van der Waals surface area contributed by atoms with Crippen molar-refractivity contribution >= 4 is 29.0 Å². The first-order valence-corrected chi connectivity index (χ1v) is 12.2. The molecule has 9 nitrogen and oxygen atoms in total. The molecule has 2 unspecified atom stereocenters. The Morgan fingerprint density at radius 2 is 1.71 bits per heavy atom. The van der Waals surface area contributed by atoms with Crippen LogP contribution in [0.5, 0.6) is 5.75 Å². The van der Waals surface area contributed by atoms with Crippen molar-refractivity contribution in [1.82, 2.24) is 4.90 Å². The first kappa shape index (κ1) is 25.5. The predicted molar refractivity (Wildman–Crippen MR) is 134 cm³/mol. The van der Waals surface area contributed by atoms with Crippen molar-refractivity contribution in [3.8, 4) is 17.6 Å². The van der Waals surface area contributed by atoms with Crippen LogP contribution in [0.4, 0.5) is 0 Å². The second-order valence-electron chi connectivity index (χ2n) is 10.4. The number of nitrogens with two attached hydrogens (primary N) is 1. The van der Waals surface area contributed by atoms with E-state index < -0.39 is 64.4 Å². The Bertz CT molecular complexity index is 1470. The van der Waals surface area contributed by atoms with Crippen molar-refractivity contribution in [2.75, 3.05) is 14.1 Å². The number of ketones is 4. The van der Waals surface area contributed by atoms with Crippen LogP contribution in [0.1, 0.15) is 33.5 Å². The van der Waals surface area contributed by atoms with Gasteiger partial charge in [0.1, 0.15) is 5.75 Å². The first-order valence-electron chi connectivity index (χ1n) is 12.2. The Morgan fingerprint density at radius 3 is 2.34 bits per heavy atom. The highest BCUT2D eigenvalue weighted by molar-refractivity contribution is 6.32. The number of aliphatic hydroxyl groups is 1. The maximum absolute atomic E-state index is 13.8. The van der Waals surface area contributed by atoms with Gasteiger partial charge in [-0.05, 0) is 62.7 Å². The smallest absolute Gasteiger partial charge is 0.235 e. The monoisotopic (exact) mass is 514 g/mol. The summed E-state index contributed by atoms with van der Waals surface area (Å²) in [5, 5.41) is 22.2. The number of nitrogens with zero attached hydrogens (tertiary/aromatic N) is 1. The van der Waals surface area contributed by atoms with Gasteiger partial charge in [0.2, 0.25) is 5.91 Å². The molecule has 2 fully saturated rings. The summed E-state index contributed by atoms with van der Waals surface area (Å²) in [4.78, 5) is 67.5. The van der Waals surface area contributed by atoms with Crippen molar-refractivity contribution in [1.29, 1.82) is 0 Å². The molecule has 6 atom stereocenters. The molecule has 1 amide bonds. The molecule has 2 saturated carbocycles. The quantitative estimate of drug-likeness (QED) is 0.381. The number of amides is 1. The van der Waals surface area contributed by atoms with E-state index in [4.69, 9.17) is 5.73 Å². The van der Waals surface area contributed by atoms with Gasteiger partial charge in [-0.1, -0.05) is 30.0 Å². The molecule has 4 N–H and O–H groups in total. The number of phenolic OH excluding ortho intramolecular Hbond substituents is 1. The topological polar surface area (TPSA) is 155 Å². The maximum Gasteiger partial charge on any atom is 0.235 e. The van der Waals surface area contributed by atoms with E-state index in [-0.39, 0.29) is 24.2 Å². The fourth-order valence-corrected chi connectivity index (χ4v) is 6.38. The van der Waals surface area contributed by atoms with Gasteiger partial charge >= 0.3 is 0 Å². The van der Waals surface area contributed by atoms with Crippen LogP contribution in [0.3, 0.4) is 0 Å². The van der Waals surface area contributed by atoms with Gasteiger partial charge in [-0.15, -0.1) is 0 Å². The highest BCUT2D eigenvalue weighted by Gasteiger charge is 2.69. The Kier molecular flexibility index (Phi) is 6.05. The Labute approximate surface area is 218 Å². The van der Waals surface area contributed by atoms with Gasteiger partial charge < -0.3 is 15.9 Å². The summed E-state index contributed by atoms with van der Waals surface area (Å²) in [5.74, 6) is -4.60. The lowest BCUT2D eigenvalue weighted by Gasteiger charge is -2.52. The summed E-state index contributed by atoms with van der Waals surface area (Å²) in [5.41, 5.74) is 4.26. The van der Waals surface area contributed by atoms with Crippen LogP contribution < -0.4 is 5.73 Å². The van der Waals surface area contributed by atoms with Crippen LogP contribution in [-0.4, -0.2) is 69.9 Å². The number of primary amides is 1. The van der Waals surface area contributed by atoms with E-state index in [2.05, 4.69) is 11.8 Å². The number of carbonyl (C=O) groups excluding carboxylic acids is 5. The molecule has 0 spiro atoms. The zero-order valence-electron chi connectivity index (χ0n) is 20.8.